The summed E-state index contributed by atoms with van der Waals surface area (Å²) in [6.45, 7) is 3.37. The van der Waals surface area contributed by atoms with Crippen LogP contribution in [-0.4, -0.2) is 37.8 Å². The van der Waals surface area contributed by atoms with Crippen molar-refractivity contribution in [1.82, 2.24) is 10.2 Å². The van der Waals surface area contributed by atoms with Gasteiger partial charge < -0.3 is 5.32 Å². The van der Waals surface area contributed by atoms with Gasteiger partial charge in [0.25, 0.3) is 0 Å². The zero-order chi connectivity index (χ0) is 12.1. The number of benzene rings is 1. The first kappa shape index (κ1) is 12.5. The maximum absolute atomic E-state index is 12.9. The van der Waals surface area contributed by atoms with Crippen molar-refractivity contribution in [3.8, 4) is 0 Å². The second-order valence-corrected chi connectivity index (χ2v) is 4.33. The van der Waals surface area contributed by atoms with Crippen LogP contribution in [0.1, 0.15) is 18.0 Å². The SMILES string of the molecule is FCC[C@@H](c1ccc(F)cc1)N1CCNCC1. The minimum Gasteiger partial charge on any atom is -0.314 e. The molecule has 1 aromatic carbocycles. The molecule has 1 aromatic rings. The largest absolute Gasteiger partial charge is 0.314 e. The van der Waals surface area contributed by atoms with E-state index in [-0.39, 0.29) is 18.5 Å². The first-order valence-electron chi connectivity index (χ1n) is 6.07. The van der Waals surface area contributed by atoms with E-state index in [1.54, 1.807) is 12.1 Å². The monoisotopic (exact) mass is 240 g/mol. The standard InChI is InChI=1S/C13H18F2N2/c14-6-5-13(17-9-7-16-8-10-17)11-1-3-12(15)4-2-11/h1-4,13,16H,5-10H2/t13-/m0/s1. The van der Waals surface area contributed by atoms with Crippen molar-refractivity contribution in [3.05, 3.63) is 35.6 Å². The second kappa shape index (κ2) is 6.07. The minimum atomic E-state index is -0.341. The van der Waals surface area contributed by atoms with Crippen LogP contribution < -0.4 is 5.32 Å². The highest BCUT2D eigenvalue weighted by Crippen LogP contribution is 2.24. The molecule has 0 aliphatic carbocycles. The highest BCUT2D eigenvalue weighted by atomic mass is 19.1. The number of hydrogen-bond acceptors (Lipinski definition) is 2. The van der Waals surface area contributed by atoms with E-state index in [1.807, 2.05) is 0 Å². The molecule has 1 heterocycles. The van der Waals surface area contributed by atoms with E-state index in [1.165, 1.54) is 12.1 Å². The molecular formula is C13H18F2N2. The van der Waals surface area contributed by atoms with Crippen LogP contribution in [0.25, 0.3) is 0 Å². The van der Waals surface area contributed by atoms with Gasteiger partial charge in [-0.1, -0.05) is 12.1 Å². The summed E-state index contributed by atoms with van der Waals surface area (Å²) in [5.41, 5.74) is 1.01. The van der Waals surface area contributed by atoms with Gasteiger partial charge in [-0.15, -0.1) is 0 Å². The third kappa shape index (κ3) is 3.23. The van der Waals surface area contributed by atoms with Gasteiger partial charge in [-0.2, -0.15) is 0 Å². The fourth-order valence-corrected chi connectivity index (χ4v) is 2.34. The van der Waals surface area contributed by atoms with Gasteiger partial charge in [0.1, 0.15) is 5.82 Å². The molecule has 1 atom stereocenters. The van der Waals surface area contributed by atoms with Gasteiger partial charge in [-0.3, -0.25) is 9.29 Å². The van der Waals surface area contributed by atoms with Gasteiger partial charge in [0.05, 0.1) is 6.67 Å². The van der Waals surface area contributed by atoms with E-state index in [0.29, 0.717) is 6.42 Å². The van der Waals surface area contributed by atoms with Crippen LogP contribution >= 0.6 is 0 Å². The number of piperazine rings is 1. The van der Waals surface area contributed by atoms with Crippen molar-refractivity contribution in [2.24, 2.45) is 0 Å². The van der Waals surface area contributed by atoms with Crippen molar-refractivity contribution in [1.29, 1.82) is 0 Å². The molecule has 0 amide bonds. The molecule has 0 unspecified atom stereocenters. The van der Waals surface area contributed by atoms with Crippen LogP contribution in [0.3, 0.4) is 0 Å². The van der Waals surface area contributed by atoms with E-state index in [0.717, 1.165) is 31.7 Å². The Bertz CT molecular complexity index is 334. The molecule has 1 N–H and O–H groups in total. The van der Waals surface area contributed by atoms with Gasteiger partial charge in [0, 0.05) is 32.2 Å². The molecule has 1 aliphatic heterocycles. The van der Waals surface area contributed by atoms with Crippen LogP contribution in [-0.2, 0) is 0 Å². The van der Waals surface area contributed by atoms with E-state index in [4.69, 9.17) is 0 Å². The molecule has 0 aromatic heterocycles. The van der Waals surface area contributed by atoms with E-state index < -0.39 is 0 Å². The van der Waals surface area contributed by atoms with Crippen molar-refractivity contribution in [3.63, 3.8) is 0 Å². The third-order valence-electron chi connectivity index (χ3n) is 3.23. The van der Waals surface area contributed by atoms with Gasteiger partial charge in [0.2, 0.25) is 0 Å². The van der Waals surface area contributed by atoms with Crippen molar-refractivity contribution >= 4 is 0 Å². The Balaban J connectivity index is 2.12. The lowest BCUT2D eigenvalue weighted by Gasteiger charge is -2.34. The van der Waals surface area contributed by atoms with Crippen molar-refractivity contribution in [2.45, 2.75) is 12.5 Å². The Morgan fingerprint density at radius 2 is 1.82 bits per heavy atom. The summed E-state index contributed by atoms with van der Waals surface area (Å²) >= 11 is 0. The molecule has 0 bridgehead atoms. The van der Waals surface area contributed by atoms with Crippen LogP contribution in [0.5, 0.6) is 0 Å². The summed E-state index contributed by atoms with van der Waals surface area (Å²) in [6.07, 6.45) is 0.478. The van der Waals surface area contributed by atoms with Crippen molar-refractivity contribution < 1.29 is 8.78 Å². The van der Waals surface area contributed by atoms with Gasteiger partial charge in [-0.25, -0.2) is 4.39 Å². The number of nitrogens with zero attached hydrogens (tertiary/aromatic N) is 1. The Kier molecular flexibility index (Phi) is 4.45. The molecular weight excluding hydrogens is 222 g/mol. The Morgan fingerprint density at radius 3 is 2.41 bits per heavy atom. The third-order valence-corrected chi connectivity index (χ3v) is 3.23. The maximum atomic E-state index is 12.9. The summed E-state index contributed by atoms with van der Waals surface area (Å²) in [4.78, 5) is 2.27. The average molecular weight is 240 g/mol. The van der Waals surface area contributed by atoms with Crippen molar-refractivity contribution in [2.75, 3.05) is 32.9 Å². The first-order valence-corrected chi connectivity index (χ1v) is 6.07. The van der Waals surface area contributed by atoms with E-state index in [9.17, 15) is 8.78 Å². The molecule has 2 nitrogen and oxygen atoms in total. The number of nitrogens with one attached hydrogen (secondary N) is 1. The normalized spacial score (nSPS) is 19.2. The summed E-state index contributed by atoms with van der Waals surface area (Å²) < 4.78 is 25.5. The topological polar surface area (TPSA) is 15.3 Å². The van der Waals surface area contributed by atoms with Gasteiger partial charge in [-0.05, 0) is 24.1 Å². The quantitative estimate of drug-likeness (QED) is 0.867. The molecule has 17 heavy (non-hydrogen) atoms. The summed E-state index contributed by atoms with van der Waals surface area (Å²) in [5, 5.41) is 3.28. The summed E-state index contributed by atoms with van der Waals surface area (Å²) in [7, 11) is 0. The maximum Gasteiger partial charge on any atom is 0.123 e. The lowest BCUT2D eigenvalue weighted by molar-refractivity contribution is 0.157. The molecule has 1 aliphatic rings. The molecule has 2 rings (SSSR count). The smallest absolute Gasteiger partial charge is 0.123 e. The lowest BCUT2D eigenvalue weighted by atomic mass is 10.0. The summed E-state index contributed by atoms with van der Waals surface area (Å²) in [6, 6.07) is 6.49. The van der Waals surface area contributed by atoms with E-state index >= 15 is 0 Å². The molecule has 1 fully saturated rings. The predicted octanol–water partition coefficient (Wildman–Crippen LogP) is 2.13. The second-order valence-electron chi connectivity index (χ2n) is 4.33. The van der Waals surface area contributed by atoms with Crippen LogP contribution in [0.2, 0.25) is 0 Å². The highest BCUT2D eigenvalue weighted by molar-refractivity contribution is 5.20. The minimum absolute atomic E-state index is 0.0719. The number of rotatable bonds is 4. The van der Waals surface area contributed by atoms with Gasteiger partial charge in [0.15, 0.2) is 0 Å². The van der Waals surface area contributed by atoms with Crippen LogP contribution in [0, 0.1) is 5.82 Å². The highest BCUT2D eigenvalue weighted by Gasteiger charge is 2.21. The van der Waals surface area contributed by atoms with Crippen LogP contribution in [0.15, 0.2) is 24.3 Å². The molecule has 94 valence electrons. The summed E-state index contributed by atoms with van der Waals surface area (Å²) in [5.74, 6) is -0.243. The lowest BCUT2D eigenvalue weighted by Crippen LogP contribution is -2.45. The molecule has 4 heteroatoms. The Hall–Kier alpha value is -1.00. The Labute approximate surface area is 101 Å². The first-order chi connectivity index (χ1) is 8.31. The zero-order valence-corrected chi connectivity index (χ0v) is 9.83. The van der Waals surface area contributed by atoms with E-state index in [2.05, 4.69) is 10.2 Å². The predicted molar refractivity (Wildman–Crippen MR) is 64.2 cm³/mol. The number of halogens is 2. The molecule has 0 radical (unpaired) electrons. The fraction of sp³-hybridized carbons (Fsp3) is 0.538. The number of alkyl halides is 1. The van der Waals surface area contributed by atoms with Gasteiger partial charge >= 0.3 is 0 Å². The fourth-order valence-electron chi connectivity index (χ4n) is 2.34. The number of hydrogen-bond donors (Lipinski definition) is 1. The molecule has 0 saturated carbocycles. The molecule has 0 spiro atoms. The Morgan fingerprint density at radius 1 is 1.18 bits per heavy atom. The van der Waals surface area contributed by atoms with Crippen LogP contribution in [0.4, 0.5) is 8.78 Å². The zero-order valence-electron chi connectivity index (χ0n) is 9.83. The average Bonchev–Trinajstić information content (AvgIpc) is 2.38. The molecule has 1 saturated heterocycles.